The summed E-state index contributed by atoms with van der Waals surface area (Å²) in [5.41, 5.74) is 13.2. The molecule has 0 bridgehead atoms. The Morgan fingerprint density at radius 2 is 1.45 bits per heavy atom. The Bertz CT molecular complexity index is 699. The van der Waals surface area contributed by atoms with E-state index in [0.717, 1.165) is 5.56 Å². The van der Waals surface area contributed by atoms with Crippen molar-refractivity contribution in [2.45, 2.75) is 0 Å². The third kappa shape index (κ3) is 2.39. The lowest BCUT2D eigenvalue weighted by Gasteiger charge is -2.21. The fraction of sp³-hybridized carbons (Fsp3) is 0.188. The Balaban J connectivity index is 2.94. The number of hydrogen-bond donors (Lipinski definition) is 2. The van der Waals surface area contributed by atoms with Gasteiger partial charge in [-0.3, -0.25) is 4.79 Å². The van der Waals surface area contributed by atoms with Crippen LogP contribution in [0, 0.1) is 0 Å². The molecule has 22 heavy (non-hydrogen) atoms. The number of primary amides is 1. The van der Waals surface area contributed by atoms with Gasteiger partial charge in [-0.15, -0.1) is 0 Å². The number of carbonyl (C=O) groups is 1. The molecule has 2 aromatic rings. The Morgan fingerprint density at radius 1 is 0.909 bits per heavy atom. The van der Waals surface area contributed by atoms with Gasteiger partial charge in [-0.1, -0.05) is 30.3 Å². The number of rotatable bonds is 5. The van der Waals surface area contributed by atoms with Crippen molar-refractivity contribution in [2.24, 2.45) is 5.73 Å². The van der Waals surface area contributed by atoms with Gasteiger partial charge in [-0.2, -0.15) is 0 Å². The van der Waals surface area contributed by atoms with Crippen molar-refractivity contribution < 1.29 is 19.0 Å². The van der Waals surface area contributed by atoms with Crippen LogP contribution in [-0.2, 0) is 0 Å². The molecule has 2 aromatic carbocycles. The fourth-order valence-corrected chi connectivity index (χ4v) is 2.41. The van der Waals surface area contributed by atoms with Crippen molar-refractivity contribution in [1.82, 2.24) is 0 Å². The highest BCUT2D eigenvalue weighted by atomic mass is 16.5. The number of nitrogens with two attached hydrogens (primary N) is 2. The first-order chi connectivity index (χ1) is 10.6. The molecule has 0 heterocycles. The standard InChI is InChI=1S/C16H18N2O4/c1-20-13-10(9-7-5-4-6-8-9)12(17)11(16(18)19)14(21-2)15(13)22-3/h4-8H,17H2,1-3H3,(H2,18,19). The minimum atomic E-state index is -0.701. The molecule has 2 rings (SSSR count). The highest BCUT2D eigenvalue weighted by molar-refractivity contribution is 6.07. The molecule has 0 aliphatic carbocycles. The van der Waals surface area contributed by atoms with E-state index >= 15 is 0 Å². The summed E-state index contributed by atoms with van der Waals surface area (Å²) in [5, 5.41) is 0. The Kier molecular flexibility index (Phi) is 4.41. The highest BCUT2D eigenvalue weighted by Crippen LogP contribution is 2.50. The first kappa shape index (κ1) is 15.5. The van der Waals surface area contributed by atoms with Crippen LogP contribution >= 0.6 is 0 Å². The maximum atomic E-state index is 11.8. The second-order valence-electron chi connectivity index (χ2n) is 4.49. The van der Waals surface area contributed by atoms with Gasteiger partial charge in [0.15, 0.2) is 11.5 Å². The first-order valence-electron chi connectivity index (χ1n) is 6.53. The van der Waals surface area contributed by atoms with Gasteiger partial charge in [0.2, 0.25) is 5.75 Å². The lowest BCUT2D eigenvalue weighted by molar-refractivity contribution is 0.0997. The van der Waals surface area contributed by atoms with E-state index in [4.69, 9.17) is 25.7 Å². The molecule has 116 valence electrons. The van der Waals surface area contributed by atoms with E-state index in [1.807, 2.05) is 30.3 Å². The molecule has 6 nitrogen and oxygen atoms in total. The highest BCUT2D eigenvalue weighted by Gasteiger charge is 2.28. The third-order valence-electron chi connectivity index (χ3n) is 3.33. The van der Waals surface area contributed by atoms with Crippen LogP contribution in [0.5, 0.6) is 17.2 Å². The van der Waals surface area contributed by atoms with Crippen molar-refractivity contribution in [1.29, 1.82) is 0 Å². The molecule has 1 amide bonds. The van der Waals surface area contributed by atoms with E-state index in [9.17, 15) is 4.79 Å². The molecular formula is C16H18N2O4. The average Bonchev–Trinajstić information content (AvgIpc) is 2.53. The van der Waals surface area contributed by atoms with Crippen LogP contribution in [0.4, 0.5) is 5.69 Å². The van der Waals surface area contributed by atoms with Crippen LogP contribution in [-0.4, -0.2) is 27.2 Å². The predicted molar refractivity (Wildman–Crippen MR) is 84.5 cm³/mol. The van der Waals surface area contributed by atoms with Gasteiger partial charge in [0.1, 0.15) is 5.56 Å². The summed E-state index contributed by atoms with van der Waals surface area (Å²) in [4.78, 5) is 11.8. The van der Waals surface area contributed by atoms with Crippen LogP contribution in [0.3, 0.4) is 0 Å². The lowest BCUT2D eigenvalue weighted by Crippen LogP contribution is -2.17. The number of benzene rings is 2. The summed E-state index contributed by atoms with van der Waals surface area (Å²) in [6, 6.07) is 9.29. The smallest absolute Gasteiger partial charge is 0.254 e. The van der Waals surface area contributed by atoms with Crippen LogP contribution in [0.1, 0.15) is 10.4 Å². The molecule has 0 unspecified atom stereocenters. The second kappa shape index (κ2) is 6.26. The maximum absolute atomic E-state index is 11.8. The van der Waals surface area contributed by atoms with E-state index in [1.54, 1.807) is 0 Å². The van der Waals surface area contributed by atoms with Gasteiger partial charge >= 0.3 is 0 Å². The Hall–Kier alpha value is -2.89. The molecule has 0 aliphatic heterocycles. The number of carbonyl (C=O) groups excluding carboxylic acids is 1. The number of ether oxygens (including phenoxy) is 3. The Labute approximate surface area is 128 Å². The normalized spacial score (nSPS) is 10.1. The van der Waals surface area contributed by atoms with Crippen LogP contribution in [0.2, 0.25) is 0 Å². The number of anilines is 1. The number of amides is 1. The average molecular weight is 302 g/mol. The topological polar surface area (TPSA) is 96.8 Å². The van der Waals surface area contributed by atoms with Crippen molar-refractivity contribution in [3.63, 3.8) is 0 Å². The summed E-state index contributed by atoms with van der Waals surface area (Å²) in [5.74, 6) is 0.108. The van der Waals surface area contributed by atoms with E-state index in [0.29, 0.717) is 11.3 Å². The van der Waals surface area contributed by atoms with E-state index in [-0.39, 0.29) is 22.7 Å². The molecule has 0 fully saturated rings. The predicted octanol–water partition coefficient (Wildman–Crippen LogP) is 2.06. The summed E-state index contributed by atoms with van der Waals surface area (Å²) in [7, 11) is 4.36. The van der Waals surface area contributed by atoms with Gasteiger partial charge in [-0.25, -0.2) is 0 Å². The van der Waals surface area contributed by atoms with Crippen LogP contribution in [0.25, 0.3) is 11.1 Å². The zero-order valence-corrected chi connectivity index (χ0v) is 12.7. The van der Waals surface area contributed by atoms with Gasteiger partial charge in [0.25, 0.3) is 5.91 Å². The zero-order chi connectivity index (χ0) is 16.3. The minimum Gasteiger partial charge on any atom is -0.492 e. The molecular weight excluding hydrogens is 284 g/mol. The van der Waals surface area contributed by atoms with Crippen molar-refractivity contribution in [3.8, 4) is 28.4 Å². The summed E-state index contributed by atoms with van der Waals surface area (Å²) in [6.07, 6.45) is 0. The van der Waals surface area contributed by atoms with Crippen molar-refractivity contribution in [2.75, 3.05) is 27.1 Å². The van der Waals surface area contributed by atoms with Crippen molar-refractivity contribution >= 4 is 11.6 Å². The molecule has 0 saturated heterocycles. The molecule has 0 aliphatic rings. The molecule has 0 aromatic heterocycles. The minimum absolute atomic E-state index is 0.0685. The third-order valence-corrected chi connectivity index (χ3v) is 3.33. The van der Waals surface area contributed by atoms with Crippen LogP contribution in [0.15, 0.2) is 30.3 Å². The molecule has 0 spiro atoms. The summed E-state index contributed by atoms with van der Waals surface area (Å²) in [6.45, 7) is 0. The molecule has 0 saturated carbocycles. The monoisotopic (exact) mass is 302 g/mol. The number of hydrogen-bond acceptors (Lipinski definition) is 5. The molecule has 4 N–H and O–H groups in total. The molecule has 0 radical (unpaired) electrons. The maximum Gasteiger partial charge on any atom is 0.254 e. The summed E-state index contributed by atoms with van der Waals surface area (Å²) >= 11 is 0. The molecule has 0 atom stereocenters. The second-order valence-corrected chi connectivity index (χ2v) is 4.49. The number of nitrogen functional groups attached to an aromatic ring is 1. The van der Waals surface area contributed by atoms with E-state index < -0.39 is 5.91 Å². The van der Waals surface area contributed by atoms with E-state index in [1.165, 1.54) is 21.3 Å². The summed E-state index contributed by atoms with van der Waals surface area (Å²) < 4.78 is 16.1. The van der Waals surface area contributed by atoms with Crippen molar-refractivity contribution in [3.05, 3.63) is 35.9 Å². The number of methoxy groups -OCH3 is 3. The lowest BCUT2D eigenvalue weighted by atomic mass is 9.97. The molecule has 6 heteroatoms. The first-order valence-corrected chi connectivity index (χ1v) is 6.53. The Morgan fingerprint density at radius 3 is 1.91 bits per heavy atom. The van der Waals surface area contributed by atoms with Gasteiger partial charge in [0.05, 0.1) is 32.6 Å². The van der Waals surface area contributed by atoms with Gasteiger partial charge in [-0.05, 0) is 5.56 Å². The van der Waals surface area contributed by atoms with Gasteiger partial charge < -0.3 is 25.7 Å². The fourth-order valence-electron chi connectivity index (χ4n) is 2.41. The largest absolute Gasteiger partial charge is 0.492 e. The van der Waals surface area contributed by atoms with Crippen LogP contribution < -0.4 is 25.7 Å². The van der Waals surface area contributed by atoms with E-state index in [2.05, 4.69) is 0 Å². The quantitative estimate of drug-likeness (QED) is 0.824. The van der Waals surface area contributed by atoms with Gasteiger partial charge in [0, 0.05) is 0 Å². The zero-order valence-electron chi connectivity index (χ0n) is 12.7. The SMILES string of the molecule is COc1c(OC)c(C(N)=O)c(N)c(-c2ccccc2)c1OC.